The van der Waals surface area contributed by atoms with E-state index in [4.69, 9.17) is 4.74 Å². The fourth-order valence-corrected chi connectivity index (χ4v) is 2.01. The Morgan fingerprint density at radius 3 is 2.40 bits per heavy atom. The smallest absolute Gasteiger partial charge is 0.153 e. The summed E-state index contributed by atoms with van der Waals surface area (Å²) < 4.78 is 28.2. The molecule has 0 radical (unpaired) electrons. The van der Waals surface area contributed by atoms with E-state index in [1.54, 1.807) is 13.8 Å². The van der Waals surface area contributed by atoms with Crippen molar-refractivity contribution in [1.29, 1.82) is 0 Å². The van der Waals surface area contributed by atoms with Crippen molar-refractivity contribution in [1.82, 2.24) is 5.32 Å². The summed E-state index contributed by atoms with van der Waals surface area (Å²) in [4.78, 5) is 0. The van der Waals surface area contributed by atoms with E-state index in [1.807, 2.05) is 38.1 Å². The topological polar surface area (TPSA) is 55.4 Å². The first-order valence-electron chi connectivity index (χ1n) is 6.78. The minimum Gasteiger partial charge on any atom is -0.491 e. The zero-order valence-electron chi connectivity index (χ0n) is 12.9. The van der Waals surface area contributed by atoms with E-state index in [9.17, 15) is 8.42 Å². The molecular formula is C15H25NO3S. The van der Waals surface area contributed by atoms with Gasteiger partial charge in [0.25, 0.3) is 0 Å². The number of rotatable bonds is 7. The number of hydrogen-bond acceptors (Lipinski definition) is 4. The molecule has 0 aromatic heterocycles. The molecule has 1 aromatic rings. The summed E-state index contributed by atoms with van der Waals surface area (Å²) >= 11 is 0. The maximum atomic E-state index is 11.6. The average Bonchev–Trinajstić information content (AvgIpc) is 2.29. The fourth-order valence-electron chi connectivity index (χ4n) is 1.65. The fraction of sp³-hybridized carbons (Fsp3) is 0.600. The van der Waals surface area contributed by atoms with Crippen molar-refractivity contribution in [2.45, 2.75) is 45.1 Å². The van der Waals surface area contributed by atoms with Gasteiger partial charge in [-0.15, -0.1) is 0 Å². The minimum absolute atomic E-state index is 0.114. The molecule has 0 aliphatic rings. The first kappa shape index (κ1) is 17.0. The predicted octanol–water partition coefficient (Wildman–Crippen LogP) is 2.39. The van der Waals surface area contributed by atoms with Crippen molar-refractivity contribution in [3.05, 3.63) is 29.8 Å². The van der Waals surface area contributed by atoms with Gasteiger partial charge in [0.2, 0.25) is 0 Å². The second kappa shape index (κ2) is 6.59. The van der Waals surface area contributed by atoms with Crippen LogP contribution in [0.5, 0.6) is 5.75 Å². The molecule has 1 N–H and O–H groups in total. The molecule has 0 spiro atoms. The lowest BCUT2D eigenvalue weighted by Gasteiger charge is -2.23. The molecule has 1 aromatic carbocycles. The first-order valence-corrected chi connectivity index (χ1v) is 8.67. The maximum absolute atomic E-state index is 11.6. The van der Waals surface area contributed by atoms with Crippen LogP contribution in [-0.2, 0) is 16.4 Å². The largest absolute Gasteiger partial charge is 0.491 e. The zero-order chi connectivity index (χ0) is 15.4. The lowest BCUT2D eigenvalue weighted by molar-refractivity contribution is 0.239. The van der Waals surface area contributed by atoms with Crippen molar-refractivity contribution in [2.24, 2.45) is 0 Å². The molecule has 0 atom stereocenters. The maximum Gasteiger partial charge on any atom is 0.153 e. The van der Waals surface area contributed by atoms with Gasteiger partial charge in [0, 0.05) is 24.9 Å². The van der Waals surface area contributed by atoms with Gasteiger partial charge < -0.3 is 10.1 Å². The average molecular weight is 299 g/mol. The van der Waals surface area contributed by atoms with Crippen LogP contribution in [0.15, 0.2) is 24.3 Å². The minimum atomic E-state index is -3.08. The summed E-state index contributed by atoms with van der Waals surface area (Å²) in [5.74, 6) is 0.840. The second-order valence-corrected chi connectivity index (χ2v) is 8.56. The van der Waals surface area contributed by atoms with Crippen molar-refractivity contribution in [3.8, 4) is 5.75 Å². The molecule has 0 saturated heterocycles. The summed E-state index contributed by atoms with van der Waals surface area (Å²) in [5, 5.41) is 3.20. The van der Waals surface area contributed by atoms with E-state index < -0.39 is 14.6 Å². The van der Waals surface area contributed by atoms with Gasteiger partial charge in [0.15, 0.2) is 9.84 Å². The van der Waals surface area contributed by atoms with E-state index in [0.29, 0.717) is 13.1 Å². The van der Waals surface area contributed by atoms with E-state index in [-0.39, 0.29) is 6.10 Å². The molecule has 114 valence electrons. The van der Waals surface area contributed by atoms with Gasteiger partial charge in [0.05, 0.1) is 10.9 Å². The number of nitrogens with one attached hydrogen (secondary N) is 1. The third kappa shape index (κ3) is 4.80. The standard InChI is InChI=1S/C15H25NO3S/c1-12(2)19-14-9-7-6-8-13(14)10-16-11-15(3,4)20(5,17)18/h6-9,12,16H,10-11H2,1-5H3. The van der Waals surface area contributed by atoms with E-state index in [1.165, 1.54) is 6.26 Å². The van der Waals surface area contributed by atoms with E-state index >= 15 is 0 Å². The molecule has 1 rings (SSSR count). The predicted molar refractivity (Wildman–Crippen MR) is 82.8 cm³/mol. The molecular weight excluding hydrogens is 274 g/mol. The van der Waals surface area contributed by atoms with Crippen LogP contribution in [0.1, 0.15) is 33.3 Å². The number of para-hydroxylation sites is 1. The van der Waals surface area contributed by atoms with Gasteiger partial charge >= 0.3 is 0 Å². The van der Waals surface area contributed by atoms with Crippen LogP contribution in [0.25, 0.3) is 0 Å². The highest BCUT2D eigenvalue weighted by Gasteiger charge is 2.29. The van der Waals surface area contributed by atoms with Crippen LogP contribution < -0.4 is 10.1 Å². The van der Waals surface area contributed by atoms with Gasteiger partial charge in [-0.3, -0.25) is 0 Å². The van der Waals surface area contributed by atoms with Gasteiger partial charge in [-0.2, -0.15) is 0 Å². The Bertz CT molecular complexity index is 536. The molecule has 0 aliphatic carbocycles. The Hall–Kier alpha value is -1.07. The number of sulfone groups is 1. The van der Waals surface area contributed by atoms with Crippen LogP contribution in [0.4, 0.5) is 0 Å². The van der Waals surface area contributed by atoms with Crippen molar-refractivity contribution in [3.63, 3.8) is 0 Å². The monoisotopic (exact) mass is 299 g/mol. The van der Waals surface area contributed by atoms with Crippen LogP contribution in [-0.4, -0.2) is 32.1 Å². The van der Waals surface area contributed by atoms with Crippen LogP contribution >= 0.6 is 0 Å². The van der Waals surface area contributed by atoms with Gasteiger partial charge in [-0.05, 0) is 33.8 Å². The summed E-state index contributed by atoms with van der Waals surface area (Å²) in [6.07, 6.45) is 1.38. The second-order valence-electron chi connectivity index (χ2n) is 5.91. The van der Waals surface area contributed by atoms with Crippen LogP contribution in [0.3, 0.4) is 0 Å². The highest BCUT2D eigenvalue weighted by atomic mass is 32.2. The quantitative estimate of drug-likeness (QED) is 0.840. The summed E-state index contributed by atoms with van der Waals surface area (Å²) in [6, 6.07) is 7.80. The molecule has 20 heavy (non-hydrogen) atoms. The molecule has 4 nitrogen and oxygen atoms in total. The Kier molecular flexibility index (Phi) is 5.59. The van der Waals surface area contributed by atoms with Crippen LogP contribution in [0.2, 0.25) is 0 Å². The first-order chi connectivity index (χ1) is 9.13. The third-order valence-electron chi connectivity index (χ3n) is 3.21. The molecule has 0 aliphatic heterocycles. The molecule has 5 heteroatoms. The summed E-state index contributed by atoms with van der Waals surface area (Å²) in [7, 11) is -3.08. The Balaban J connectivity index is 2.67. The molecule has 0 unspecified atom stereocenters. The SMILES string of the molecule is CC(C)Oc1ccccc1CNCC(C)(C)S(C)(=O)=O. The number of hydrogen-bond donors (Lipinski definition) is 1. The third-order valence-corrected chi connectivity index (χ3v) is 5.36. The van der Waals surface area contributed by atoms with Gasteiger partial charge in [-0.25, -0.2) is 8.42 Å². The van der Waals surface area contributed by atoms with Gasteiger partial charge in [0.1, 0.15) is 5.75 Å². The van der Waals surface area contributed by atoms with Crippen LogP contribution in [0, 0.1) is 0 Å². The highest BCUT2D eigenvalue weighted by Crippen LogP contribution is 2.20. The Labute approximate surface area is 122 Å². The van der Waals surface area contributed by atoms with Crippen molar-refractivity contribution < 1.29 is 13.2 Å². The molecule has 0 fully saturated rings. The number of ether oxygens (including phenoxy) is 1. The summed E-state index contributed by atoms with van der Waals surface area (Å²) in [6.45, 7) is 8.41. The Morgan fingerprint density at radius 1 is 1.25 bits per heavy atom. The molecule has 0 heterocycles. The highest BCUT2D eigenvalue weighted by molar-refractivity contribution is 7.92. The Morgan fingerprint density at radius 2 is 1.85 bits per heavy atom. The molecule has 0 saturated carbocycles. The van der Waals surface area contributed by atoms with Crippen molar-refractivity contribution >= 4 is 9.84 Å². The lowest BCUT2D eigenvalue weighted by Crippen LogP contribution is -2.41. The normalized spacial score (nSPS) is 12.7. The number of benzene rings is 1. The van der Waals surface area contributed by atoms with Gasteiger partial charge in [-0.1, -0.05) is 18.2 Å². The molecule has 0 amide bonds. The molecule has 0 bridgehead atoms. The van der Waals surface area contributed by atoms with Crippen molar-refractivity contribution in [2.75, 3.05) is 12.8 Å². The lowest BCUT2D eigenvalue weighted by atomic mass is 10.1. The van der Waals surface area contributed by atoms with E-state index in [0.717, 1.165) is 11.3 Å². The van der Waals surface area contributed by atoms with E-state index in [2.05, 4.69) is 5.32 Å². The zero-order valence-corrected chi connectivity index (χ0v) is 13.8. The summed E-state index contributed by atoms with van der Waals surface area (Å²) in [5.41, 5.74) is 1.03.